The lowest BCUT2D eigenvalue weighted by atomic mass is 10.1. The van der Waals surface area contributed by atoms with Crippen LogP contribution in [0.15, 0.2) is 0 Å². The highest BCUT2D eigenvalue weighted by atomic mass is 32.1. The second-order valence-electron chi connectivity index (χ2n) is 6.11. The molecule has 0 atom stereocenters. The minimum Gasteiger partial charge on any atom is -0.465 e. The van der Waals surface area contributed by atoms with Gasteiger partial charge in [-0.15, -0.1) is 23.7 Å². The molecule has 2 aromatic rings. The maximum absolute atomic E-state index is 12.0. The summed E-state index contributed by atoms with van der Waals surface area (Å²) < 4.78 is 4.90. The molecule has 7 heteroatoms. The van der Waals surface area contributed by atoms with Crippen molar-refractivity contribution in [3.63, 3.8) is 0 Å². The predicted molar refractivity (Wildman–Crippen MR) is 100 cm³/mol. The quantitative estimate of drug-likeness (QED) is 0.617. The fourth-order valence-electron chi connectivity index (χ4n) is 3.14. The molecule has 1 fully saturated rings. The van der Waals surface area contributed by atoms with Crippen molar-refractivity contribution in [3.05, 3.63) is 16.3 Å². The summed E-state index contributed by atoms with van der Waals surface area (Å²) in [4.78, 5) is 27.3. The van der Waals surface area contributed by atoms with Crippen molar-refractivity contribution in [1.29, 1.82) is 0 Å². The first-order chi connectivity index (χ1) is 12.0. The van der Waals surface area contributed by atoms with E-state index in [1.807, 2.05) is 13.8 Å². The third-order valence-electron chi connectivity index (χ3n) is 4.50. The van der Waals surface area contributed by atoms with Gasteiger partial charge in [-0.2, -0.15) is 0 Å². The Labute approximate surface area is 151 Å². The molecule has 0 aromatic carbocycles. The third kappa shape index (κ3) is 3.46. The minimum absolute atomic E-state index is 0.316. The molecule has 132 valence electrons. The van der Waals surface area contributed by atoms with Crippen molar-refractivity contribution in [2.75, 3.05) is 44.7 Å². The standard InChI is InChI=1S/C18H22N4O2S/c1-5-6-7-21-8-10-22(11-9-21)16-14-12(2)15(18(23)24-4)25-17(14)20-13(3)19-16/h1H,6-11H2,2-4H3. The molecule has 0 spiro atoms. The van der Waals surface area contributed by atoms with Crippen molar-refractivity contribution < 1.29 is 9.53 Å². The number of rotatable bonds is 4. The summed E-state index contributed by atoms with van der Waals surface area (Å²) >= 11 is 1.38. The maximum Gasteiger partial charge on any atom is 0.348 e. The SMILES string of the molecule is C#CCCN1CCN(c2nc(C)nc3sc(C(=O)OC)c(C)c23)CC1. The number of methoxy groups -OCH3 is 1. The highest BCUT2D eigenvalue weighted by Gasteiger charge is 2.25. The van der Waals surface area contributed by atoms with Gasteiger partial charge in [-0.25, -0.2) is 14.8 Å². The van der Waals surface area contributed by atoms with Crippen LogP contribution in [0.3, 0.4) is 0 Å². The number of nitrogens with zero attached hydrogens (tertiary/aromatic N) is 4. The van der Waals surface area contributed by atoms with Crippen molar-refractivity contribution in [2.45, 2.75) is 20.3 Å². The van der Waals surface area contributed by atoms with Crippen LogP contribution in [0.25, 0.3) is 10.2 Å². The van der Waals surface area contributed by atoms with Crippen LogP contribution in [-0.4, -0.2) is 60.7 Å². The van der Waals surface area contributed by atoms with Gasteiger partial charge in [-0.05, 0) is 19.4 Å². The second kappa shape index (κ2) is 7.38. The lowest BCUT2D eigenvalue weighted by Gasteiger charge is -2.35. The number of thiophene rings is 1. The average molecular weight is 358 g/mol. The van der Waals surface area contributed by atoms with Crippen LogP contribution in [0.5, 0.6) is 0 Å². The van der Waals surface area contributed by atoms with Crippen LogP contribution >= 0.6 is 11.3 Å². The molecule has 3 heterocycles. The molecule has 6 nitrogen and oxygen atoms in total. The van der Waals surface area contributed by atoms with E-state index in [4.69, 9.17) is 16.1 Å². The van der Waals surface area contributed by atoms with E-state index in [0.29, 0.717) is 4.88 Å². The smallest absolute Gasteiger partial charge is 0.348 e. The minimum atomic E-state index is -0.316. The molecule has 0 radical (unpaired) electrons. The molecule has 1 aliphatic heterocycles. The Morgan fingerprint density at radius 1 is 1.28 bits per heavy atom. The van der Waals surface area contributed by atoms with Gasteiger partial charge in [0.2, 0.25) is 0 Å². The summed E-state index contributed by atoms with van der Waals surface area (Å²) in [6, 6.07) is 0. The Kier molecular flexibility index (Phi) is 5.21. The lowest BCUT2D eigenvalue weighted by Crippen LogP contribution is -2.47. The Bertz CT molecular complexity index is 832. The number of hydrogen-bond acceptors (Lipinski definition) is 7. The summed E-state index contributed by atoms with van der Waals surface area (Å²) in [5.41, 5.74) is 0.900. The Balaban J connectivity index is 1.93. The molecule has 25 heavy (non-hydrogen) atoms. The van der Waals surface area contributed by atoms with E-state index in [9.17, 15) is 4.79 Å². The highest BCUT2D eigenvalue weighted by Crippen LogP contribution is 2.36. The van der Waals surface area contributed by atoms with E-state index < -0.39 is 0 Å². The van der Waals surface area contributed by atoms with Crippen LogP contribution in [0, 0.1) is 26.2 Å². The Morgan fingerprint density at radius 3 is 2.64 bits per heavy atom. The number of piperazine rings is 1. The number of ether oxygens (including phenoxy) is 1. The number of terminal acetylenes is 1. The number of anilines is 1. The number of hydrogen-bond donors (Lipinski definition) is 0. The molecule has 2 aromatic heterocycles. The van der Waals surface area contributed by atoms with Crippen LogP contribution < -0.4 is 4.90 Å². The van der Waals surface area contributed by atoms with Gasteiger partial charge in [0, 0.05) is 39.1 Å². The van der Waals surface area contributed by atoms with E-state index >= 15 is 0 Å². The normalized spacial score (nSPS) is 15.4. The van der Waals surface area contributed by atoms with Gasteiger partial charge in [0.25, 0.3) is 0 Å². The fraction of sp³-hybridized carbons (Fsp3) is 0.500. The molecule has 1 saturated heterocycles. The van der Waals surface area contributed by atoms with Gasteiger partial charge in [0.15, 0.2) is 0 Å². The van der Waals surface area contributed by atoms with E-state index in [0.717, 1.165) is 66.6 Å². The number of aromatic nitrogens is 2. The van der Waals surface area contributed by atoms with Crippen molar-refractivity contribution in [3.8, 4) is 12.3 Å². The Morgan fingerprint density at radius 2 is 2.00 bits per heavy atom. The van der Waals surface area contributed by atoms with Gasteiger partial charge in [-0.1, -0.05) is 0 Å². The highest BCUT2D eigenvalue weighted by molar-refractivity contribution is 7.20. The van der Waals surface area contributed by atoms with E-state index in [-0.39, 0.29) is 5.97 Å². The van der Waals surface area contributed by atoms with E-state index in [2.05, 4.69) is 20.7 Å². The maximum atomic E-state index is 12.0. The molecule has 3 rings (SSSR count). The van der Waals surface area contributed by atoms with Crippen LogP contribution in [0.4, 0.5) is 5.82 Å². The summed E-state index contributed by atoms with van der Waals surface area (Å²) in [7, 11) is 1.40. The molecule has 0 unspecified atom stereocenters. The summed E-state index contributed by atoms with van der Waals surface area (Å²) in [6.07, 6.45) is 6.14. The fourth-order valence-corrected chi connectivity index (χ4v) is 4.28. The van der Waals surface area contributed by atoms with Crippen LogP contribution in [0.1, 0.15) is 27.5 Å². The summed E-state index contributed by atoms with van der Waals surface area (Å²) in [6.45, 7) is 8.46. The summed E-state index contributed by atoms with van der Waals surface area (Å²) in [5.74, 6) is 4.02. The van der Waals surface area contributed by atoms with E-state index in [1.165, 1.54) is 18.4 Å². The third-order valence-corrected chi connectivity index (χ3v) is 5.66. The largest absolute Gasteiger partial charge is 0.465 e. The van der Waals surface area contributed by atoms with Gasteiger partial charge in [0.1, 0.15) is 21.3 Å². The first-order valence-corrected chi connectivity index (χ1v) is 9.13. The zero-order valence-electron chi connectivity index (χ0n) is 14.8. The van der Waals surface area contributed by atoms with E-state index in [1.54, 1.807) is 0 Å². The van der Waals surface area contributed by atoms with Crippen LogP contribution in [-0.2, 0) is 4.74 Å². The first-order valence-electron chi connectivity index (χ1n) is 8.32. The van der Waals surface area contributed by atoms with Crippen molar-refractivity contribution in [1.82, 2.24) is 14.9 Å². The molecule has 0 amide bonds. The average Bonchev–Trinajstić information content (AvgIpc) is 2.95. The molecule has 1 aliphatic rings. The van der Waals surface area contributed by atoms with Gasteiger partial charge in [-0.3, -0.25) is 4.90 Å². The zero-order chi connectivity index (χ0) is 18.0. The van der Waals surface area contributed by atoms with Gasteiger partial charge in [0.05, 0.1) is 12.5 Å². The lowest BCUT2D eigenvalue weighted by molar-refractivity contribution is 0.0605. The predicted octanol–water partition coefficient (Wildman–Crippen LogP) is 2.24. The number of fused-ring (bicyclic) bond motifs is 1. The molecule has 0 bridgehead atoms. The van der Waals surface area contributed by atoms with Gasteiger partial charge < -0.3 is 9.64 Å². The molecule has 0 N–H and O–H groups in total. The number of esters is 1. The second-order valence-corrected chi connectivity index (χ2v) is 7.10. The molecular formula is C18H22N4O2S. The number of aryl methyl sites for hydroxylation is 2. The topological polar surface area (TPSA) is 58.6 Å². The number of carbonyl (C=O) groups is 1. The molecule has 0 saturated carbocycles. The van der Waals surface area contributed by atoms with Crippen LogP contribution in [0.2, 0.25) is 0 Å². The Hall–Kier alpha value is -2.17. The summed E-state index contributed by atoms with van der Waals surface area (Å²) in [5, 5.41) is 0.966. The number of carbonyl (C=O) groups excluding carboxylic acids is 1. The van der Waals surface area contributed by atoms with Gasteiger partial charge >= 0.3 is 5.97 Å². The van der Waals surface area contributed by atoms with Crippen molar-refractivity contribution in [2.24, 2.45) is 0 Å². The monoisotopic (exact) mass is 358 g/mol. The zero-order valence-corrected chi connectivity index (χ0v) is 15.7. The first kappa shape index (κ1) is 17.6. The molecule has 0 aliphatic carbocycles. The van der Waals surface area contributed by atoms with Crippen molar-refractivity contribution >= 4 is 33.3 Å². The molecular weight excluding hydrogens is 336 g/mol.